The maximum Gasteiger partial charge on any atom is 0.259 e. The fourth-order valence-electron chi connectivity index (χ4n) is 2.91. The van der Waals surface area contributed by atoms with E-state index in [0.29, 0.717) is 17.1 Å². The van der Waals surface area contributed by atoms with Crippen LogP contribution < -0.4 is 16.4 Å². The second-order valence-corrected chi connectivity index (χ2v) is 6.56. The molecule has 7 heteroatoms. The summed E-state index contributed by atoms with van der Waals surface area (Å²) in [6.45, 7) is 1.92. The van der Waals surface area contributed by atoms with E-state index in [-0.39, 0.29) is 11.9 Å². The van der Waals surface area contributed by atoms with Crippen molar-refractivity contribution in [2.75, 3.05) is 10.6 Å². The molecule has 0 aliphatic rings. The number of aromatic nitrogens is 3. The molecule has 0 aliphatic carbocycles. The number of carbonyl (C=O) groups excluding carboxylic acids is 1. The minimum Gasteiger partial charge on any atom is -0.340 e. The average molecular weight is 372 g/mol. The quantitative estimate of drug-likeness (QED) is 0.424. The molecule has 140 valence electrons. The number of hydrogen-bond donors (Lipinski definition) is 4. The smallest absolute Gasteiger partial charge is 0.259 e. The molecule has 1 amide bonds. The van der Waals surface area contributed by atoms with Crippen LogP contribution in [0.2, 0.25) is 0 Å². The highest BCUT2D eigenvalue weighted by atomic mass is 16.1. The summed E-state index contributed by atoms with van der Waals surface area (Å²) in [4.78, 5) is 17.1. The van der Waals surface area contributed by atoms with Gasteiger partial charge in [-0.15, -0.1) is 0 Å². The number of pyridine rings is 1. The normalized spacial score (nSPS) is 11.9. The van der Waals surface area contributed by atoms with Gasteiger partial charge in [0.05, 0.1) is 17.3 Å². The molecule has 4 aromatic rings. The third kappa shape index (κ3) is 3.70. The number of hydrogen-bond acceptors (Lipinski definition) is 5. The second-order valence-electron chi connectivity index (χ2n) is 6.56. The number of fused-ring (bicyclic) bond motifs is 1. The highest BCUT2D eigenvalue weighted by Crippen LogP contribution is 2.23. The first kappa shape index (κ1) is 17.7. The van der Waals surface area contributed by atoms with Crippen molar-refractivity contribution in [1.29, 1.82) is 0 Å². The van der Waals surface area contributed by atoms with E-state index in [1.807, 2.05) is 49.4 Å². The SMILES string of the molecule is CC(N)c1ccc(NC(=O)c2cccnc2Nc2ccc3cn[nH]c3c2)cc1. The maximum absolute atomic E-state index is 12.8. The fourth-order valence-corrected chi connectivity index (χ4v) is 2.91. The molecule has 0 fully saturated rings. The molecule has 4 rings (SSSR count). The lowest BCUT2D eigenvalue weighted by Gasteiger charge is -2.12. The summed E-state index contributed by atoms with van der Waals surface area (Å²) in [6.07, 6.45) is 3.40. The Balaban J connectivity index is 1.55. The minimum absolute atomic E-state index is 0.0499. The topological polar surface area (TPSA) is 109 Å². The second kappa shape index (κ2) is 7.50. The number of aromatic amines is 1. The lowest BCUT2D eigenvalue weighted by molar-refractivity contribution is 0.102. The summed E-state index contributed by atoms with van der Waals surface area (Å²) in [7, 11) is 0. The van der Waals surface area contributed by atoms with Crippen LogP contribution in [0.3, 0.4) is 0 Å². The van der Waals surface area contributed by atoms with Crippen LogP contribution in [0.5, 0.6) is 0 Å². The molecular weight excluding hydrogens is 352 g/mol. The van der Waals surface area contributed by atoms with Gasteiger partial charge in [-0.05, 0) is 55.0 Å². The van der Waals surface area contributed by atoms with E-state index in [4.69, 9.17) is 5.73 Å². The zero-order chi connectivity index (χ0) is 19.5. The monoisotopic (exact) mass is 372 g/mol. The van der Waals surface area contributed by atoms with E-state index in [0.717, 1.165) is 22.2 Å². The molecule has 1 atom stereocenters. The van der Waals surface area contributed by atoms with Crippen LogP contribution in [-0.4, -0.2) is 21.1 Å². The van der Waals surface area contributed by atoms with Crippen LogP contribution in [0.1, 0.15) is 28.9 Å². The summed E-state index contributed by atoms with van der Waals surface area (Å²) in [5.74, 6) is 0.234. The highest BCUT2D eigenvalue weighted by Gasteiger charge is 2.13. The van der Waals surface area contributed by atoms with Crippen molar-refractivity contribution in [3.63, 3.8) is 0 Å². The molecule has 7 nitrogen and oxygen atoms in total. The Morgan fingerprint density at radius 1 is 1.11 bits per heavy atom. The molecule has 5 N–H and O–H groups in total. The number of amides is 1. The summed E-state index contributed by atoms with van der Waals surface area (Å²) in [6, 6.07) is 16.7. The van der Waals surface area contributed by atoms with Gasteiger partial charge >= 0.3 is 0 Å². The van der Waals surface area contributed by atoms with Crippen LogP contribution in [0.25, 0.3) is 10.9 Å². The average Bonchev–Trinajstić information content (AvgIpc) is 3.16. The van der Waals surface area contributed by atoms with E-state index >= 15 is 0 Å². The van der Waals surface area contributed by atoms with Crippen LogP contribution in [0.15, 0.2) is 67.0 Å². The first-order chi connectivity index (χ1) is 13.6. The molecule has 0 aliphatic heterocycles. The summed E-state index contributed by atoms with van der Waals surface area (Å²) >= 11 is 0. The third-order valence-electron chi connectivity index (χ3n) is 4.45. The van der Waals surface area contributed by atoms with E-state index in [9.17, 15) is 4.79 Å². The van der Waals surface area contributed by atoms with Crippen molar-refractivity contribution < 1.29 is 4.79 Å². The van der Waals surface area contributed by atoms with Gasteiger partial charge < -0.3 is 16.4 Å². The van der Waals surface area contributed by atoms with Crippen molar-refractivity contribution in [2.45, 2.75) is 13.0 Å². The largest absolute Gasteiger partial charge is 0.340 e. The van der Waals surface area contributed by atoms with Gasteiger partial charge in [-0.2, -0.15) is 5.10 Å². The predicted octanol–water partition coefficient (Wildman–Crippen LogP) is 3.97. The standard InChI is InChI=1S/C21H20N6O/c1-13(22)14-4-7-16(8-5-14)26-21(28)18-3-2-10-23-20(18)25-17-9-6-15-12-24-27-19(15)11-17/h2-13H,22H2,1H3,(H,23,25)(H,24,27)(H,26,28). The molecule has 0 saturated carbocycles. The van der Waals surface area contributed by atoms with Gasteiger partial charge in [-0.1, -0.05) is 12.1 Å². The minimum atomic E-state index is -0.244. The number of nitrogens with zero attached hydrogens (tertiary/aromatic N) is 2. The molecule has 2 aromatic heterocycles. The molecule has 2 heterocycles. The van der Waals surface area contributed by atoms with E-state index in [1.165, 1.54) is 0 Å². The van der Waals surface area contributed by atoms with Gasteiger partial charge in [0.25, 0.3) is 5.91 Å². The molecular formula is C21H20N6O. The van der Waals surface area contributed by atoms with Crippen molar-refractivity contribution >= 4 is 34.0 Å². The van der Waals surface area contributed by atoms with E-state index in [1.54, 1.807) is 24.5 Å². The molecule has 1 unspecified atom stereocenters. The lowest BCUT2D eigenvalue weighted by atomic mass is 10.1. The fraction of sp³-hybridized carbons (Fsp3) is 0.0952. The third-order valence-corrected chi connectivity index (χ3v) is 4.45. The number of nitrogens with two attached hydrogens (primary N) is 1. The molecule has 0 bridgehead atoms. The number of anilines is 3. The first-order valence-corrected chi connectivity index (χ1v) is 8.92. The number of rotatable bonds is 5. The van der Waals surface area contributed by atoms with Gasteiger partial charge in [0.15, 0.2) is 0 Å². The zero-order valence-electron chi connectivity index (χ0n) is 15.3. The van der Waals surface area contributed by atoms with Gasteiger partial charge in [-0.3, -0.25) is 9.89 Å². The highest BCUT2D eigenvalue weighted by molar-refractivity contribution is 6.07. The van der Waals surface area contributed by atoms with Crippen LogP contribution in [-0.2, 0) is 0 Å². The van der Waals surface area contributed by atoms with Crippen LogP contribution >= 0.6 is 0 Å². The number of H-pyrrole nitrogens is 1. The Hall–Kier alpha value is -3.71. The van der Waals surface area contributed by atoms with Crippen molar-refractivity contribution in [1.82, 2.24) is 15.2 Å². The van der Waals surface area contributed by atoms with Crippen molar-refractivity contribution in [3.8, 4) is 0 Å². The lowest BCUT2D eigenvalue weighted by Crippen LogP contribution is -2.15. The Bertz CT molecular complexity index is 1120. The van der Waals surface area contributed by atoms with Crippen LogP contribution in [0.4, 0.5) is 17.2 Å². The number of nitrogens with one attached hydrogen (secondary N) is 3. The van der Waals surface area contributed by atoms with Gasteiger partial charge in [-0.25, -0.2) is 4.98 Å². The summed E-state index contributed by atoms with van der Waals surface area (Å²) in [5, 5.41) is 14.1. The number of benzene rings is 2. The van der Waals surface area contributed by atoms with Gasteiger partial charge in [0.2, 0.25) is 0 Å². The molecule has 0 radical (unpaired) electrons. The maximum atomic E-state index is 12.8. The molecule has 28 heavy (non-hydrogen) atoms. The molecule has 0 saturated heterocycles. The zero-order valence-corrected chi connectivity index (χ0v) is 15.3. The molecule has 0 spiro atoms. The van der Waals surface area contributed by atoms with E-state index in [2.05, 4.69) is 25.8 Å². The van der Waals surface area contributed by atoms with Crippen molar-refractivity contribution in [3.05, 3.63) is 78.1 Å². The Kier molecular flexibility index (Phi) is 4.74. The predicted molar refractivity (Wildman–Crippen MR) is 111 cm³/mol. The first-order valence-electron chi connectivity index (χ1n) is 8.92. The Labute approximate surface area is 162 Å². The summed E-state index contributed by atoms with van der Waals surface area (Å²) < 4.78 is 0. The van der Waals surface area contributed by atoms with Crippen LogP contribution in [0, 0.1) is 0 Å². The van der Waals surface area contributed by atoms with Gasteiger partial charge in [0, 0.05) is 29.0 Å². The van der Waals surface area contributed by atoms with E-state index < -0.39 is 0 Å². The van der Waals surface area contributed by atoms with Gasteiger partial charge in [0.1, 0.15) is 5.82 Å². The Morgan fingerprint density at radius 3 is 2.68 bits per heavy atom. The summed E-state index contributed by atoms with van der Waals surface area (Å²) in [5.41, 5.74) is 9.74. The Morgan fingerprint density at radius 2 is 1.89 bits per heavy atom. The number of carbonyl (C=O) groups is 1. The van der Waals surface area contributed by atoms with Crippen molar-refractivity contribution in [2.24, 2.45) is 5.73 Å². The molecule has 2 aromatic carbocycles.